The molecule has 0 aromatic heterocycles. The molecule has 0 bridgehead atoms. The maximum atomic E-state index is 11.7. The van der Waals surface area contributed by atoms with E-state index in [1.807, 2.05) is 24.3 Å². The number of nitrogens with one attached hydrogen (secondary N) is 1. The Kier molecular flexibility index (Phi) is 5.02. The topological polar surface area (TPSA) is 29.1 Å². The first-order valence-electron chi connectivity index (χ1n) is 7.00. The van der Waals surface area contributed by atoms with Crippen LogP contribution in [0.4, 0.5) is 0 Å². The van der Waals surface area contributed by atoms with Crippen molar-refractivity contribution in [3.8, 4) is 0 Å². The van der Waals surface area contributed by atoms with E-state index >= 15 is 0 Å². The monoisotopic (exact) mass is 289 g/mol. The highest BCUT2D eigenvalue weighted by Crippen LogP contribution is 2.34. The summed E-state index contributed by atoms with van der Waals surface area (Å²) in [4.78, 5) is 11.7. The summed E-state index contributed by atoms with van der Waals surface area (Å²) in [5.74, 6) is 0.395. The quantitative estimate of drug-likeness (QED) is 0.837. The van der Waals surface area contributed by atoms with Gasteiger partial charge in [0, 0.05) is 12.6 Å². The fraction of sp³-hybridized carbons (Fsp3) is 0.353. The van der Waals surface area contributed by atoms with Crippen LogP contribution in [0.15, 0.2) is 42.0 Å². The van der Waals surface area contributed by atoms with E-state index in [0.29, 0.717) is 12.5 Å². The molecule has 0 radical (unpaired) electrons. The highest BCUT2D eigenvalue weighted by molar-refractivity contribution is 6.49. The first kappa shape index (κ1) is 14.9. The summed E-state index contributed by atoms with van der Waals surface area (Å²) in [5.41, 5.74) is 3.40. The Hall–Kier alpha value is -1.54. The van der Waals surface area contributed by atoms with Crippen molar-refractivity contribution in [1.82, 2.24) is 5.32 Å². The van der Waals surface area contributed by atoms with E-state index < -0.39 is 0 Å². The Bertz CT molecular complexity index is 558. The molecule has 2 rings (SSSR count). The Balaban J connectivity index is 2.08. The van der Waals surface area contributed by atoms with E-state index in [1.165, 1.54) is 5.56 Å². The SMILES string of the molecule is CC(C)CNC(=O)/C=C/C1=C(Cl)c2ccccc2CC1. The van der Waals surface area contributed by atoms with Gasteiger partial charge in [-0.1, -0.05) is 55.8 Å². The molecule has 106 valence electrons. The normalized spacial score (nSPS) is 14.8. The van der Waals surface area contributed by atoms with Gasteiger partial charge in [-0.05, 0) is 35.5 Å². The molecule has 0 heterocycles. The molecule has 0 fully saturated rings. The number of carbonyl (C=O) groups is 1. The molecule has 3 heteroatoms. The molecule has 1 aliphatic rings. The van der Waals surface area contributed by atoms with Gasteiger partial charge < -0.3 is 5.32 Å². The molecule has 1 N–H and O–H groups in total. The number of benzene rings is 1. The molecule has 0 atom stereocenters. The Labute approximate surface area is 125 Å². The van der Waals surface area contributed by atoms with Gasteiger partial charge in [0.25, 0.3) is 0 Å². The zero-order chi connectivity index (χ0) is 14.5. The van der Waals surface area contributed by atoms with Gasteiger partial charge in [0.05, 0.1) is 5.03 Å². The number of carbonyl (C=O) groups excluding carboxylic acids is 1. The molecule has 0 unspecified atom stereocenters. The summed E-state index contributed by atoms with van der Waals surface area (Å²) in [6.45, 7) is 4.84. The van der Waals surface area contributed by atoms with Gasteiger partial charge in [0.1, 0.15) is 0 Å². The van der Waals surface area contributed by atoms with E-state index in [9.17, 15) is 4.79 Å². The summed E-state index contributed by atoms with van der Waals surface area (Å²) in [7, 11) is 0. The van der Waals surface area contributed by atoms with Crippen LogP contribution >= 0.6 is 11.6 Å². The second kappa shape index (κ2) is 6.76. The van der Waals surface area contributed by atoms with Gasteiger partial charge in [0.15, 0.2) is 0 Å². The van der Waals surface area contributed by atoms with Gasteiger partial charge in [0.2, 0.25) is 5.91 Å². The lowest BCUT2D eigenvalue weighted by Crippen LogP contribution is -2.25. The van der Waals surface area contributed by atoms with Crippen molar-refractivity contribution in [2.24, 2.45) is 5.92 Å². The van der Waals surface area contributed by atoms with Crippen molar-refractivity contribution in [2.45, 2.75) is 26.7 Å². The number of allylic oxidation sites excluding steroid dienone is 2. The molecule has 1 amide bonds. The summed E-state index contributed by atoms with van der Waals surface area (Å²) < 4.78 is 0. The first-order chi connectivity index (χ1) is 9.58. The standard InChI is InChI=1S/C17H20ClNO/c1-12(2)11-19-16(20)10-9-14-8-7-13-5-3-4-6-15(13)17(14)18/h3-6,9-10,12H,7-8,11H2,1-2H3,(H,19,20)/b10-9+. The fourth-order valence-electron chi connectivity index (χ4n) is 2.20. The number of hydrogen-bond donors (Lipinski definition) is 1. The number of aryl methyl sites for hydroxylation is 1. The van der Waals surface area contributed by atoms with Crippen LogP contribution in [-0.4, -0.2) is 12.5 Å². The van der Waals surface area contributed by atoms with E-state index in [-0.39, 0.29) is 5.91 Å². The molecule has 1 aromatic rings. The minimum atomic E-state index is -0.0606. The maximum absolute atomic E-state index is 11.7. The third kappa shape index (κ3) is 3.73. The number of halogens is 1. The van der Waals surface area contributed by atoms with Crippen LogP contribution in [0.25, 0.3) is 5.03 Å². The second-order valence-corrected chi connectivity index (χ2v) is 5.85. The highest BCUT2D eigenvalue weighted by Gasteiger charge is 2.15. The van der Waals surface area contributed by atoms with Crippen molar-refractivity contribution < 1.29 is 4.79 Å². The minimum absolute atomic E-state index is 0.0606. The summed E-state index contributed by atoms with van der Waals surface area (Å²) >= 11 is 6.42. The molecule has 1 aromatic carbocycles. The Morgan fingerprint density at radius 2 is 2.10 bits per heavy atom. The van der Waals surface area contributed by atoms with Gasteiger partial charge >= 0.3 is 0 Å². The average Bonchev–Trinajstić information content (AvgIpc) is 2.44. The molecule has 0 saturated carbocycles. The maximum Gasteiger partial charge on any atom is 0.243 e. The molecule has 20 heavy (non-hydrogen) atoms. The minimum Gasteiger partial charge on any atom is -0.352 e. The lowest BCUT2D eigenvalue weighted by Gasteiger charge is -2.17. The van der Waals surface area contributed by atoms with Crippen LogP contribution in [0.3, 0.4) is 0 Å². The second-order valence-electron chi connectivity index (χ2n) is 5.47. The number of fused-ring (bicyclic) bond motifs is 1. The van der Waals surface area contributed by atoms with E-state index in [0.717, 1.165) is 29.0 Å². The largest absolute Gasteiger partial charge is 0.352 e. The van der Waals surface area contributed by atoms with Crippen molar-refractivity contribution in [3.63, 3.8) is 0 Å². The Morgan fingerprint density at radius 1 is 1.35 bits per heavy atom. The van der Waals surface area contributed by atoms with Crippen LogP contribution in [0, 0.1) is 5.92 Å². The summed E-state index contributed by atoms with van der Waals surface area (Å²) in [5, 5.41) is 3.63. The molecule has 0 saturated heterocycles. The molecule has 0 aliphatic heterocycles. The molecule has 2 nitrogen and oxygen atoms in total. The molecule has 0 spiro atoms. The zero-order valence-corrected chi connectivity index (χ0v) is 12.7. The smallest absolute Gasteiger partial charge is 0.243 e. The third-order valence-electron chi connectivity index (χ3n) is 3.32. The van der Waals surface area contributed by atoms with Crippen molar-refractivity contribution in [2.75, 3.05) is 6.54 Å². The predicted octanol–water partition coefficient (Wildman–Crippen LogP) is 3.91. The van der Waals surface area contributed by atoms with Crippen molar-refractivity contribution in [1.29, 1.82) is 0 Å². The number of amides is 1. The van der Waals surface area contributed by atoms with Crippen LogP contribution in [-0.2, 0) is 11.2 Å². The van der Waals surface area contributed by atoms with Crippen molar-refractivity contribution in [3.05, 3.63) is 53.1 Å². The van der Waals surface area contributed by atoms with E-state index in [1.54, 1.807) is 6.08 Å². The highest BCUT2D eigenvalue weighted by atomic mass is 35.5. The van der Waals surface area contributed by atoms with Crippen LogP contribution in [0.2, 0.25) is 0 Å². The van der Waals surface area contributed by atoms with Crippen molar-refractivity contribution >= 4 is 22.5 Å². The third-order valence-corrected chi connectivity index (χ3v) is 3.77. The number of hydrogen-bond acceptors (Lipinski definition) is 1. The molecule has 1 aliphatic carbocycles. The average molecular weight is 290 g/mol. The Morgan fingerprint density at radius 3 is 2.85 bits per heavy atom. The van der Waals surface area contributed by atoms with Gasteiger partial charge in [-0.2, -0.15) is 0 Å². The van der Waals surface area contributed by atoms with Gasteiger partial charge in [-0.15, -0.1) is 0 Å². The van der Waals surface area contributed by atoms with E-state index in [4.69, 9.17) is 11.6 Å². The predicted molar refractivity (Wildman–Crippen MR) is 84.5 cm³/mol. The lowest BCUT2D eigenvalue weighted by molar-refractivity contribution is -0.116. The van der Waals surface area contributed by atoms with Gasteiger partial charge in [-0.25, -0.2) is 0 Å². The van der Waals surface area contributed by atoms with Gasteiger partial charge in [-0.3, -0.25) is 4.79 Å². The zero-order valence-electron chi connectivity index (χ0n) is 11.9. The summed E-state index contributed by atoms with van der Waals surface area (Å²) in [6, 6.07) is 8.16. The summed E-state index contributed by atoms with van der Waals surface area (Å²) in [6.07, 6.45) is 5.27. The lowest BCUT2D eigenvalue weighted by atomic mass is 9.92. The first-order valence-corrected chi connectivity index (χ1v) is 7.38. The molecular formula is C17H20ClNO. The van der Waals surface area contributed by atoms with Crippen LogP contribution < -0.4 is 5.32 Å². The van der Waals surface area contributed by atoms with Crippen LogP contribution in [0.5, 0.6) is 0 Å². The van der Waals surface area contributed by atoms with Crippen LogP contribution in [0.1, 0.15) is 31.4 Å². The van der Waals surface area contributed by atoms with E-state index in [2.05, 4.69) is 25.2 Å². The molecular weight excluding hydrogens is 270 g/mol. The number of rotatable bonds is 4. The fourth-order valence-corrected chi connectivity index (χ4v) is 2.54.